The average Bonchev–Trinajstić information content (AvgIpc) is 2.80. The number of halogens is 2. The van der Waals surface area contributed by atoms with E-state index in [1.54, 1.807) is 12.1 Å². The first kappa shape index (κ1) is 12.7. The number of benzene rings is 1. The fourth-order valence-electron chi connectivity index (χ4n) is 1.21. The number of nitrogens with one attached hydrogen (secondary N) is 2. The maximum atomic E-state index is 11.8. The van der Waals surface area contributed by atoms with Crippen LogP contribution in [0.5, 0.6) is 6.01 Å². The van der Waals surface area contributed by atoms with Gasteiger partial charge in [0.15, 0.2) is 0 Å². The Morgan fingerprint density at radius 3 is 2.78 bits per heavy atom. The number of amides is 1. The standard InChI is InChI=1S/C10H8Cl2N4O2/c1-18-10-14-9(15-16-10)13-8(17)5-2-3-6(11)7(12)4-5/h2-4H,1H3,(H2,13,14,15,16,17). The highest BCUT2D eigenvalue weighted by atomic mass is 35.5. The van der Waals surface area contributed by atoms with Crippen molar-refractivity contribution in [2.75, 3.05) is 12.4 Å². The predicted molar refractivity (Wildman–Crippen MR) is 67.3 cm³/mol. The molecule has 0 saturated carbocycles. The summed E-state index contributed by atoms with van der Waals surface area (Å²) in [7, 11) is 1.42. The Bertz CT molecular complexity index is 585. The third-order valence-electron chi connectivity index (χ3n) is 2.06. The predicted octanol–water partition coefficient (Wildman–Crippen LogP) is 2.37. The van der Waals surface area contributed by atoms with Crippen molar-refractivity contribution in [2.45, 2.75) is 0 Å². The Kier molecular flexibility index (Phi) is 3.69. The molecule has 2 N–H and O–H groups in total. The summed E-state index contributed by atoms with van der Waals surface area (Å²) in [4.78, 5) is 15.7. The summed E-state index contributed by atoms with van der Waals surface area (Å²) in [6.45, 7) is 0. The van der Waals surface area contributed by atoms with Crippen LogP contribution in [0.2, 0.25) is 10.0 Å². The van der Waals surface area contributed by atoms with E-state index < -0.39 is 0 Å². The third-order valence-corrected chi connectivity index (χ3v) is 2.80. The summed E-state index contributed by atoms with van der Waals surface area (Å²) < 4.78 is 4.77. The zero-order chi connectivity index (χ0) is 13.1. The molecule has 1 amide bonds. The molecule has 2 rings (SSSR count). The number of hydrogen-bond donors (Lipinski definition) is 2. The number of methoxy groups -OCH3 is 1. The molecule has 0 aliphatic carbocycles. The first-order valence-electron chi connectivity index (χ1n) is 4.83. The van der Waals surface area contributed by atoms with Crippen LogP contribution < -0.4 is 10.1 Å². The van der Waals surface area contributed by atoms with E-state index in [1.165, 1.54) is 13.2 Å². The zero-order valence-electron chi connectivity index (χ0n) is 9.20. The third kappa shape index (κ3) is 2.72. The Morgan fingerprint density at radius 2 is 2.17 bits per heavy atom. The van der Waals surface area contributed by atoms with Crippen molar-refractivity contribution in [3.63, 3.8) is 0 Å². The number of carbonyl (C=O) groups is 1. The maximum Gasteiger partial charge on any atom is 0.336 e. The highest BCUT2D eigenvalue weighted by molar-refractivity contribution is 6.42. The van der Waals surface area contributed by atoms with E-state index in [0.29, 0.717) is 15.6 Å². The molecule has 0 bridgehead atoms. The van der Waals surface area contributed by atoms with Gasteiger partial charge in [-0.1, -0.05) is 23.2 Å². The second-order valence-corrected chi connectivity index (χ2v) is 4.07. The average molecular weight is 287 g/mol. The summed E-state index contributed by atoms with van der Waals surface area (Å²) in [5.41, 5.74) is 0.361. The summed E-state index contributed by atoms with van der Waals surface area (Å²) >= 11 is 11.6. The molecular weight excluding hydrogens is 279 g/mol. The molecule has 1 heterocycles. The lowest BCUT2D eigenvalue weighted by atomic mass is 10.2. The van der Waals surface area contributed by atoms with Gasteiger partial charge >= 0.3 is 6.01 Å². The van der Waals surface area contributed by atoms with E-state index in [2.05, 4.69) is 20.5 Å². The van der Waals surface area contributed by atoms with Crippen molar-refractivity contribution in [3.8, 4) is 6.01 Å². The molecule has 0 fully saturated rings. The molecule has 0 spiro atoms. The molecule has 6 nitrogen and oxygen atoms in total. The first-order chi connectivity index (χ1) is 8.60. The molecule has 0 atom stereocenters. The van der Waals surface area contributed by atoms with E-state index in [0.717, 1.165) is 0 Å². The van der Waals surface area contributed by atoms with Crippen molar-refractivity contribution >= 4 is 35.1 Å². The number of aromatic nitrogens is 3. The van der Waals surface area contributed by atoms with Crippen molar-refractivity contribution in [2.24, 2.45) is 0 Å². The molecule has 8 heteroatoms. The summed E-state index contributed by atoms with van der Waals surface area (Å²) in [6.07, 6.45) is 0. The van der Waals surface area contributed by atoms with Gasteiger partial charge in [0.05, 0.1) is 17.2 Å². The largest absolute Gasteiger partial charge is 0.466 e. The zero-order valence-corrected chi connectivity index (χ0v) is 10.7. The van der Waals surface area contributed by atoms with Crippen LogP contribution in [0.1, 0.15) is 10.4 Å². The highest BCUT2D eigenvalue weighted by Crippen LogP contribution is 2.22. The van der Waals surface area contributed by atoms with Crippen molar-refractivity contribution in [1.82, 2.24) is 15.2 Å². The van der Waals surface area contributed by atoms with Crippen LogP contribution in [0.3, 0.4) is 0 Å². The Hall–Kier alpha value is -1.79. The molecule has 1 aromatic heterocycles. The lowest BCUT2D eigenvalue weighted by Crippen LogP contribution is -2.12. The van der Waals surface area contributed by atoms with E-state index in [9.17, 15) is 4.79 Å². The minimum atomic E-state index is -0.382. The lowest BCUT2D eigenvalue weighted by Gasteiger charge is -2.02. The summed E-state index contributed by atoms with van der Waals surface area (Å²) in [5, 5.41) is 9.40. The maximum absolute atomic E-state index is 11.8. The fraction of sp³-hybridized carbons (Fsp3) is 0.100. The van der Waals surface area contributed by atoms with Gasteiger partial charge in [-0.15, -0.1) is 5.10 Å². The number of aromatic amines is 1. The quantitative estimate of drug-likeness (QED) is 0.908. The Morgan fingerprint density at radius 1 is 1.39 bits per heavy atom. The van der Waals surface area contributed by atoms with Gasteiger partial charge in [0, 0.05) is 5.56 Å². The van der Waals surface area contributed by atoms with E-state index in [1.807, 2.05) is 0 Å². The van der Waals surface area contributed by atoms with Gasteiger partial charge in [-0.3, -0.25) is 10.1 Å². The van der Waals surface area contributed by atoms with E-state index >= 15 is 0 Å². The van der Waals surface area contributed by atoms with Gasteiger partial charge in [-0.25, -0.2) is 5.10 Å². The van der Waals surface area contributed by atoms with Crippen LogP contribution in [0.4, 0.5) is 5.95 Å². The molecule has 0 aliphatic heterocycles. The number of anilines is 1. The number of nitrogens with zero attached hydrogens (tertiary/aromatic N) is 2. The fourth-order valence-corrected chi connectivity index (χ4v) is 1.51. The molecule has 0 aliphatic rings. The van der Waals surface area contributed by atoms with Gasteiger partial charge in [-0.05, 0) is 18.2 Å². The number of ether oxygens (including phenoxy) is 1. The minimum Gasteiger partial charge on any atom is -0.466 e. The van der Waals surface area contributed by atoms with Gasteiger partial charge < -0.3 is 4.74 Å². The van der Waals surface area contributed by atoms with Crippen molar-refractivity contribution in [1.29, 1.82) is 0 Å². The molecular formula is C10H8Cl2N4O2. The monoisotopic (exact) mass is 286 g/mol. The van der Waals surface area contributed by atoms with E-state index in [4.69, 9.17) is 27.9 Å². The molecule has 1 aromatic carbocycles. The van der Waals surface area contributed by atoms with Crippen LogP contribution in [0, 0.1) is 0 Å². The van der Waals surface area contributed by atoms with Gasteiger partial charge in [0.1, 0.15) is 0 Å². The van der Waals surface area contributed by atoms with Gasteiger partial charge in [0.2, 0.25) is 5.95 Å². The Labute approximate surface area is 112 Å². The molecule has 0 radical (unpaired) electrons. The van der Waals surface area contributed by atoms with Crippen LogP contribution in [-0.2, 0) is 0 Å². The normalized spacial score (nSPS) is 10.2. The van der Waals surface area contributed by atoms with Gasteiger partial charge in [-0.2, -0.15) is 4.98 Å². The number of carbonyl (C=O) groups excluding carboxylic acids is 1. The Balaban J connectivity index is 2.14. The van der Waals surface area contributed by atoms with Crippen LogP contribution in [0.15, 0.2) is 18.2 Å². The smallest absolute Gasteiger partial charge is 0.336 e. The molecule has 0 saturated heterocycles. The molecule has 0 unspecified atom stereocenters. The van der Waals surface area contributed by atoms with Crippen LogP contribution in [0.25, 0.3) is 0 Å². The van der Waals surface area contributed by atoms with Crippen molar-refractivity contribution < 1.29 is 9.53 Å². The summed E-state index contributed by atoms with van der Waals surface area (Å²) in [5.74, 6) is -0.199. The number of hydrogen-bond acceptors (Lipinski definition) is 4. The number of rotatable bonds is 3. The topological polar surface area (TPSA) is 79.9 Å². The highest BCUT2D eigenvalue weighted by Gasteiger charge is 2.11. The second kappa shape index (κ2) is 5.24. The SMILES string of the molecule is COc1n[nH]c(NC(=O)c2ccc(Cl)c(Cl)c2)n1. The molecule has 2 aromatic rings. The van der Waals surface area contributed by atoms with Crippen LogP contribution in [-0.4, -0.2) is 28.2 Å². The molecule has 18 heavy (non-hydrogen) atoms. The number of H-pyrrole nitrogens is 1. The van der Waals surface area contributed by atoms with Crippen molar-refractivity contribution in [3.05, 3.63) is 33.8 Å². The van der Waals surface area contributed by atoms with E-state index in [-0.39, 0.29) is 17.9 Å². The van der Waals surface area contributed by atoms with Gasteiger partial charge in [0.25, 0.3) is 5.91 Å². The molecule has 94 valence electrons. The van der Waals surface area contributed by atoms with Crippen LogP contribution >= 0.6 is 23.2 Å². The second-order valence-electron chi connectivity index (χ2n) is 3.25. The minimum absolute atomic E-state index is 0.138. The first-order valence-corrected chi connectivity index (χ1v) is 5.58. The summed E-state index contributed by atoms with van der Waals surface area (Å²) in [6, 6.07) is 4.70. The lowest BCUT2D eigenvalue weighted by molar-refractivity contribution is 0.102.